The third kappa shape index (κ3) is 2.34. The van der Waals surface area contributed by atoms with Gasteiger partial charge < -0.3 is 14.8 Å². The molecule has 2 heterocycles. The molecule has 1 atom stereocenters. The van der Waals surface area contributed by atoms with Crippen LogP contribution in [0.2, 0.25) is 0 Å². The Morgan fingerprint density at radius 2 is 2.24 bits per heavy atom. The van der Waals surface area contributed by atoms with E-state index in [1.165, 1.54) is 24.8 Å². The summed E-state index contributed by atoms with van der Waals surface area (Å²) in [5, 5.41) is 3.57. The van der Waals surface area contributed by atoms with Crippen molar-refractivity contribution in [2.24, 2.45) is 0 Å². The highest BCUT2D eigenvalue weighted by Gasteiger charge is 2.21. The van der Waals surface area contributed by atoms with Gasteiger partial charge in [-0.25, -0.2) is 0 Å². The summed E-state index contributed by atoms with van der Waals surface area (Å²) in [5.74, 6) is 0.974. The Labute approximate surface area is 110 Å². The number of halogens is 1. The van der Waals surface area contributed by atoms with Crippen LogP contribution in [0.4, 0.5) is 0 Å². The van der Waals surface area contributed by atoms with E-state index < -0.39 is 0 Å². The fourth-order valence-corrected chi connectivity index (χ4v) is 3.17. The lowest BCUT2D eigenvalue weighted by Gasteiger charge is -2.27. The number of hydrogen-bond acceptors (Lipinski definition) is 3. The van der Waals surface area contributed by atoms with Crippen molar-refractivity contribution in [2.45, 2.75) is 31.9 Å². The van der Waals surface area contributed by atoms with Gasteiger partial charge in [0.2, 0.25) is 0 Å². The molecule has 0 spiro atoms. The molecule has 3 rings (SSSR count). The molecule has 1 aromatic carbocycles. The molecule has 0 aromatic heterocycles. The largest absolute Gasteiger partial charge is 0.467 e. The normalized spacial score (nSPS) is 23.9. The van der Waals surface area contributed by atoms with Gasteiger partial charge in [0, 0.05) is 16.1 Å². The molecule has 1 fully saturated rings. The fourth-order valence-electron chi connectivity index (χ4n) is 2.50. The smallest absolute Gasteiger partial charge is 0.189 e. The summed E-state index contributed by atoms with van der Waals surface area (Å²) in [6.45, 7) is 2.12. The van der Waals surface area contributed by atoms with Crippen LogP contribution >= 0.6 is 15.9 Å². The predicted octanol–water partition coefficient (Wildman–Crippen LogP) is 3.13. The van der Waals surface area contributed by atoms with Gasteiger partial charge in [0.15, 0.2) is 6.79 Å². The van der Waals surface area contributed by atoms with E-state index in [1.54, 1.807) is 0 Å². The summed E-state index contributed by atoms with van der Waals surface area (Å²) in [5.41, 5.74) is 2.44. The third-order valence-electron chi connectivity index (χ3n) is 3.42. The molecule has 0 bridgehead atoms. The summed E-state index contributed by atoms with van der Waals surface area (Å²) in [6, 6.07) is 4.74. The van der Waals surface area contributed by atoms with Crippen LogP contribution in [0.15, 0.2) is 16.6 Å². The van der Waals surface area contributed by atoms with E-state index in [9.17, 15) is 0 Å². The van der Waals surface area contributed by atoms with Gasteiger partial charge in [-0.15, -0.1) is 0 Å². The van der Waals surface area contributed by atoms with E-state index in [-0.39, 0.29) is 0 Å². The highest BCUT2D eigenvalue weighted by atomic mass is 79.9. The molecule has 1 unspecified atom stereocenters. The van der Waals surface area contributed by atoms with Gasteiger partial charge >= 0.3 is 0 Å². The van der Waals surface area contributed by atoms with Crippen molar-refractivity contribution in [1.82, 2.24) is 5.32 Å². The number of nitrogens with one attached hydrogen (secondary N) is 1. The number of ether oxygens (including phenoxy) is 2. The van der Waals surface area contributed by atoms with Crippen LogP contribution in [0.1, 0.15) is 36.4 Å². The van der Waals surface area contributed by atoms with Gasteiger partial charge in [-0.2, -0.15) is 0 Å². The summed E-state index contributed by atoms with van der Waals surface area (Å²) in [4.78, 5) is 0. The van der Waals surface area contributed by atoms with Crippen molar-refractivity contribution in [3.05, 3.63) is 27.7 Å². The molecule has 0 amide bonds. The van der Waals surface area contributed by atoms with E-state index in [0.717, 1.165) is 22.3 Å². The Morgan fingerprint density at radius 1 is 1.29 bits per heavy atom. The summed E-state index contributed by atoms with van der Waals surface area (Å²) < 4.78 is 12.0. The SMILES string of the molecule is Brc1cc2c(cc1C1CCCCN1)OCOC2. The van der Waals surface area contributed by atoms with Gasteiger partial charge in [0.1, 0.15) is 5.75 Å². The van der Waals surface area contributed by atoms with E-state index in [2.05, 4.69) is 33.4 Å². The first-order valence-corrected chi connectivity index (χ1v) is 6.90. The molecule has 0 radical (unpaired) electrons. The Hall–Kier alpha value is -0.580. The van der Waals surface area contributed by atoms with Crippen LogP contribution < -0.4 is 10.1 Å². The van der Waals surface area contributed by atoms with Gasteiger partial charge in [0.05, 0.1) is 6.61 Å². The Balaban J connectivity index is 1.93. The standard InChI is InChI=1S/C13H16BrNO2/c14-11-5-9-7-16-8-17-13(9)6-10(11)12-3-1-2-4-15-12/h5-6,12,15H,1-4,7-8H2. The molecular weight excluding hydrogens is 282 g/mol. The highest BCUT2D eigenvalue weighted by molar-refractivity contribution is 9.10. The van der Waals surface area contributed by atoms with Crippen LogP contribution in [0.5, 0.6) is 5.75 Å². The lowest BCUT2D eigenvalue weighted by Crippen LogP contribution is -2.27. The Bertz CT molecular complexity index is 416. The molecule has 0 aliphatic carbocycles. The lowest BCUT2D eigenvalue weighted by molar-refractivity contribution is -0.0165. The van der Waals surface area contributed by atoms with Crippen molar-refractivity contribution in [2.75, 3.05) is 13.3 Å². The maximum atomic E-state index is 5.54. The van der Waals surface area contributed by atoms with Crippen molar-refractivity contribution >= 4 is 15.9 Å². The third-order valence-corrected chi connectivity index (χ3v) is 4.11. The van der Waals surface area contributed by atoms with E-state index in [1.807, 2.05) is 0 Å². The first-order chi connectivity index (χ1) is 8.34. The zero-order valence-corrected chi connectivity index (χ0v) is 11.3. The van der Waals surface area contributed by atoms with Crippen molar-refractivity contribution in [3.8, 4) is 5.75 Å². The predicted molar refractivity (Wildman–Crippen MR) is 69.0 cm³/mol. The Kier molecular flexibility index (Phi) is 3.36. The second-order valence-corrected chi connectivity index (χ2v) is 5.45. The van der Waals surface area contributed by atoms with Crippen LogP contribution in [0.25, 0.3) is 0 Å². The number of benzene rings is 1. The minimum atomic E-state index is 0.367. The van der Waals surface area contributed by atoms with Gasteiger partial charge in [-0.05, 0) is 37.1 Å². The van der Waals surface area contributed by atoms with E-state index in [4.69, 9.17) is 9.47 Å². The van der Waals surface area contributed by atoms with Crippen LogP contribution in [0, 0.1) is 0 Å². The van der Waals surface area contributed by atoms with Crippen LogP contribution in [-0.2, 0) is 11.3 Å². The fraction of sp³-hybridized carbons (Fsp3) is 0.538. The molecule has 3 nitrogen and oxygen atoms in total. The topological polar surface area (TPSA) is 30.5 Å². The second-order valence-electron chi connectivity index (χ2n) is 4.59. The minimum absolute atomic E-state index is 0.367. The van der Waals surface area contributed by atoms with Crippen LogP contribution in [-0.4, -0.2) is 13.3 Å². The van der Waals surface area contributed by atoms with Gasteiger partial charge in [0.25, 0.3) is 0 Å². The maximum absolute atomic E-state index is 5.54. The molecule has 0 saturated carbocycles. The number of piperidine rings is 1. The summed E-state index contributed by atoms with van der Waals surface area (Å²) in [6.07, 6.45) is 3.78. The quantitative estimate of drug-likeness (QED) is 0.864. The molecule has 2 aliphatic heterocycles. The maximum Gasteiger partial charge on any atom is 0.189 e. The molecule has 4 heteroatoms. The van der Waals surface area contributed by atoms with Crippen molar-refractivity contribution in [3.63, 3.8) is 0 Å². The number of hydrogen-bond donors (Lipinski definition) is 1. The lowest BCUT2D eigenvalue weighted by atomic mass is 9.96. The zero-order valence-electron chi connectivity index (χ0n) is 9.67. The van der Waals surface area contributed by atoms with Crippen LogP contribution in [0.3, 0.4) is 0 Å². The average molecular weight is 298 g/mol. The summed E-state index contributed by atoms with van der Waals surface area (Å²) >= 11 is 3.66. The monoisotopic (exact) mass is 297 g/mol. The Morgan fingerprint density at radius 3 is 3.06 bits per heavy atom. The van der Waals surface area contributed by atoms with Gasteiger partial charge in [-0.1, -0.05) is 22.4 Å². The summed E-state index contributed by atoms with van der Waals surface area (Å²) in [7, 11) is 0. The molecular formula is C13H16BrNO2. The molecule has 1 saturated heterocycles. The molecule has 1 aromatic rings. The van der Waals surface area contributed by atoms with Crippen molar-refractivity contribution < 1.29 is 9.47 Å². The molecule has 92 valence electrons. The second kappa shape index (κ2) is 4.96. The highest BCUT2D eigenvalue weighted by Crippen LogP contribution is 2.35. The molecule has 2 aliphatic rings. The minimum Gasteiger partial charge on any atom is -0.467 e. The molecule has 17 heavy (non-hydrogen) atoms. The average Bonchev–Trinajstić information content (AvgIpc) is 2.39. The van der Waals surface area contributed by atoms with E-state index >= 15 is 0 Å². The van der Waals surface area contributed by atoms with Gasteiger partial charge in [-0.3, -0.25) is 0 Å². The number of fused-ring (bicyclic) bond motifs is 1. The first-order valence-electron chi connectivity index (χ1n) is 6.11. The first kappa shape index (κ1) is 11.5. The number of rotatable bonds is 1. The van der Waals surface area contributed by atoms with E-state index in [0.29, 0.717) is 19.4 Å². The van der Waals surface area contributed by atoms with Crippen molar-refractivity contribution in [1.29, 1.82) is 0 Å². The molecule has 1 N–H and O–H groups in total. The zero-order chi connectivity index (χ0) is 11.7.